The number of ether oxygens (including phenoxy) is 1. The highest BCUT2D eigenvalue weighted by molar-refractivity contribution is 5.98. The number of rotatable bonds is 8. The number of aromatic carboxylic acids is 1. The molecule has 2 aliphatic heterocycles. The molecule has 0 aliphatic carbocycles. The Morgan fingerprint density at radius 3 is 2.25 bits per heavy atom. The fourth-order valence-corrected chi connectivity index (χ4v) is 5.21. The Morgan fingerprint density at radius 1 is 1.03 bits per heavy atom. The third kappa shape index (κ3) is 4.18. The smallest absolute Gasteiger partial charge is 0.341 e. The number of carbonyl (C=O) groups is 2. The number of carbonyl (C=O) groups excluding carboxylic acids is 1. The minimum atomic E-state index is -1.33. The molecular weight excluding hydrogens is 458 g/mol. The van der Waals surface area contributed by atoms with Crippen molar-refractivity contribution in [3.05, 3.63) is 99.5 Å². The minimum Gasteiger partial charge on any atom is -0.487 e. The van der Waals surface area contributed by atoms with Crippen LogP contribution in [0.15, 0.2) is 71.7 Å². The van der Waals surface area contributed by atoms with Gasteiger partial charge in [-0.1, -0.05) is 74.0 Å². The molecule has 5 rings (SSSR count). The summed E-state index contributed by atoms with van der Waals surface area (Å²) < 4.78 is 7.34. The molecule has 1 fully saturated rings. The second-order valence-corrected chi connectivity index (χ2v) is 9.15. The van der Waals surface area contributed by atoms with Crippen molar-refractivity contribution in [2.45, 2.75) is 38.5 Å². The summed E-state index contributed by atoms with van der Waals surface area (Å²) in [7, 11) is 0. The molecule has 1 atom stereocenters. The first kappa shape index (κ1) is 23.8. The van der Waals surface area contributed by atoms with Gasteiger partial charge in [0, 0.05) is 19.3 Å². The molecule has 0 radical (unpaired) electrons. The molecule has 8 nitrogen and oxygen atoms in total. The molecule has 8 heteroatoms. The van der Waals surface area contributed by atoms with Crippen LogP contribution in [0.5, 0.6) is 5.75 Å². The van der Waals surface area contributed by atoms with E-state index in [-0.39, 0.29) is 36.2 Å². The Balaban J connectivity index is 1.58. The Hall–Kier alpha value is -3.91. The molecule has 1 N–H and O–H groups in total. The second kappa shape index (κ2) is 9.99. The lowest BCUT2D eigenvalue weighted by Gasteiger charge is -2.40. The number of carboxylic acid groups (broad SMARTS) is 1. The lowest BCUT2D eigenvalue weighted by atomic mass is 9.96. The number of amides is 1. The van der Waals surface area contributed by atoms with Gasteiger partial charge in [-0.2, -0.15) is 0 Å². The molecule has 1 amide bonds. The number of carboxylic acids is 1. The lowest BCUT2D eigenvalue weighted by molar-refractivity contribution is 0.0447. The van der Waals surface area contributed by atoms with Gasteiger partial charge in [-0.3, -0.25) is 14.5 Å². The van der Waals surface area contributed by atoms with Crippen molar-refractivity contribution in [1.29, 1.82) is 0 Å². The number of fused-ring (bicyclic) bond motifs is 2. The zero-order chi connectivity index (χ0) is 25.2. The van der Waals surface area contributed by atoms with Crippen LogP contribution < -0.4 is 10.2 Å². The molecule has 1 unspecified atom stereocenters. The average Bonchev–Trinajstić information content (AvgIpc) is 3.30. The molecule has 1 saturated heterocycles. The van der Waals surface area contributed by atoms with Gasteiger partial charge in [0.1, 0.15) is 11.7 Å². The Bertz CT molecular complexity index is 1280. The first-order valence-electron chi connectivity index (χ1n) is 12.3. The van der Waals surface area contributed by atoms with E-state index >= 15 is 0 Å². The monoisotopic (exact) mass is 487 g/mol. The second-order valence-electron chi connectivity index (χ2n) is 9.15. The van der Waals surface area contributed by atoms with Crippen LogP contribution in [0.25, 0.3) is 0 Å². The van der Waals surface area contributed by atoms with Gasteiger partial charge < -0.3 is 19.3 Å². The quantitative estimate of drug-likeness (QED) is 0.488. The number of benzene rings is 2. The number of hydrogen-bond acceptors (Lipinski definition) is 5. The van der Waals surface area contributed by atoms with Crippen LogP contribution >= 0.6 is 0 Å². The summed E-state index contributed by atoms with van der Waals surface area (Å²) in [6.07, 6.45) is 2.53. The van der Waals surface area contributed by atoms with E-state index in [1.165, 1.54) is 6.20 Å². The summed E-state index contributed by atoms with van der Waals surface area (Å²) in [4.78, 5) is 42.6. The molecule has 0 bridgehead atoms. The van der Waals surface area contributed by atoms with Crippen LogP contribution in [0.2, 0.25) is 0 Å². The SMILES string of the molecule is CCCCOc1c2n(cc(C(=O)O)c1=O)CC1N(CCN1C(c1ccccc1)c1ccccc1)C2=O. The van der Waals surface area contributed by atoms with Gasteiger partial charge in [0.2, 0.25) is 5.43 Å². The summed E-state index contributed by atoms with van der Waals surface area (Å²) in [5, 5.41) is 9.68. The third-order valence-electron chi connectivity index (χ3n) is 6.94. The van der Waals surface area contributed by atoms with Crippen molar-refractivity contribution in [3.63, 3.8) is 0 Å². The van der Waals surface area contributed by atoms with E-state index in [2.05, 4.69) is 29.2 Å². The van der Waals surface area contributed by atoms with Crippen LogP contribution in [0.4, 0.5) is 0 Å². The Kier molecular flexibility index (Phi) is 6.61. The van der Waals surface area contributed by atoms with Crippen LogP contribution in [0.1, 0.15) is 57.8 Å². The van der Waals surface area contributed by atoms with Crippen LogP contribution in [0, 0.1) is 0 Å². The van der Waals surface area contributed by atoms with E-state index in [0.717, 1.165) is 17.5 Å². The normalized spacial score (nSPS) is 17.2. The highest BCUT2D eigenvalue weighted by Gasteiger charge is 2.45. The van der Waals surface area contributed by atoms with Crippen molar-refractivity contribution in [1.82, 2.24) is 14.4 Å². The zero-order valence-corrected chi connectivity index (χ0v) is 20.2. The summed E-state index contributed by atoms with van der Waals surface area (Å²) in [5.41, 5.74) is 1.21. The third-order valence-corrected chi connectivity index (χ3v) is 6.94. The summed E-state index contributed by atoms with van der Waals surface area (Å²) >= 11 is 0. The van der Waals surface area contributed by atoms with Gasteiger partial charge in [-0.05, 0) is 17.5 Å². The highest BCUT2D eigenvalue weighted by Crippen LogP contribution is 2.37. The number of aromatic nitrogens is 1. The summed E-state index contributed by atoms with van der Waals surface area (Å²) in [5.74, 6) is -1.80. The number of pyridine rings is 1. The van der Waals surface area contributed by atoms with Crippen molar-refractivity contribution in [3.8, 4) is 5.75 Å². The van der Waals surface area contributed by atoms with Crippen molar-refractivity contribution < 1.29 is 19.4 Å². The molecule has 3 aromatic rings. The summed E-state index contributed by atoms with van der Waals surface area (Å²) in [6.45, 7) is 3.71. The van der Waals surface area contributed by atoms with E-state index < -0.39 is 17.0 Å². The van der Waals surface area contributed by atoms with Crippen molar-refractivity contribution >= 4 is 11.9 Å². The summed E-state index contributed by atoms with van der Waals surface area (Å²) in [6, 6.07) is 20.2. The average molecular weight is 488 g/mol. The van der Waals surface area contributed by atoms with E-state index in [4.69, 9.17) is 4.74 Å². The fourth-order valence-electron chi connectivity index (χ4n) is 5.21. The van der Waals surface area contributed by atoms with Gasteiger partial charge in [0.25, 0.3) is 5.91 Å². The highest BCUT2D eigenvalue weighted by atomic mass is 16.5. The largest absolute Gasteiger partial charge is 0.487 e. The van der Waals surface area contributed by atoms with E-state index in [1.54, 1.807) is 9.47 Å². The standard InChI is InChI=1S/C28H29N3O5/c1-2-3-16-36-26-24-27(33)31-15-14-30(22(31)18-29(24)17-21(25(26)32)28(34)35)23(19-10-6-4-7-11-19)20-12-8-5-9-13-20/h4-13,17,22-23H,2-3,14-16,18H2,1H3,(H,34,35). The van der Waals surface area contributed by atoms with E-state index in [1.807, 2.05) is 43.3 Å². The van der Waals surface area contributed by atoms with Gasteiger partial charge in [0.05, 0.1) is 19.2 Å². The zero-order valence-electron chi connectivity index (χ0n) is 20.2. The van der Waals surface area contributed by atoms with Crippen molar-refractivity contribution in [2.75, 3.05) is 19.7 Å². The lowest BCUT2D eigenvalue weighted by Crippen LogP contribution is -2.51. The predicted octanol–water partition coefficient (Wildman–Crippen LogP) is 3.61. The van der Waals surface area contributed by atoms with E-state index in [0.29, 0.717) is 26.1 Å². The molecule has 0 spiro atoms. The molecule has 186 valence electrons. The number of hydrogen-bond donors (Lipinski definition) is 1. The van der Waals surface area contributed by atoms with Crippen LogP contribution in [-0.4, -0.2) is 57.2 Å². The maximum absolute atomic E-state index is 13.7. The minimum absolute atomic E-state index is 0.0876. The molecule has 1 aromatic heterocycles. The molecule has 2 aromatic carbocycles. The molecule has 2 aliphatic rings. The Labute approximate surface area is 209 Å². The van der Waals surface area contributed by atoms with E-state index in [9.17, 15) is 19.5 Å². The van der Waals surface area contributed by atoms with Gasteiger partial charge in [-0.15, -0.1) is 0 Å². The molecule has 0 saturated carbocycles. The maximum atomic E-state index is 13.7. The number of nitrogens with zero attached hydrogens (tertiary/aromatic N) is 3. The van der Waals surface area contributed by atoms with Gasteiger partial charge >= 0.3 is 5.97 Å². The number of unbranched alkanes of at least 4 members (excludes halogenated alkanes) is 1. The van der Waals surface area contributed by atoms with Crippen molar-refractivity contribution in [2.24, 2.45) is 0 Å². The van der Waals surface area contributed by atoms with Crippen LogP contribution in [-0.2, 0) is 6.54 Å². The van der Waals surface area contributed by atoms with Gasteiger partial charge in [-0.25, -0.2) is 4.79 Å². The fraction of sp³-hybridized carbons (Fsp3) is 0.321. The predicted molar refractivity (Wildman–Crippen MR) is 134 cm³/mol. The van der Waals surface area contributed by atoms with Gasteiger partial charge in [0.15, 0.2) is 11.4 Å². The first-order valence-corrected chi connectivity index (χ1v) is 12.3. The molecule has 36 heavy (non-hydrogen) atoms. The maximum Gasteiger partial charge on any atom is 0.341 e. The Morgan fingerprint density at radius 2 is 1.67 bits per heavy atom. The van der Waals surface area contributed by atoms with Crippen LogP contribution in [0.3, 0.4) is 0 Å². The molecule has 3 heterocycles. The molecular formula is C28H29N3O5. The first-order chi connectivity index (χ1) is 17.5. The topological polar surface area (TPSA) is 92.1 Å².